The summed E-state index contributed by atoms with van der Waals surface area (Å²) in [4.78, 5) is 0. The minimum atomic E-state index is -0.620. The Morgan fingerprint density at radius 3 is 2.59 bits per heavy atom. The number of nitrogens with one attached hydrogen (secondary N) is 1. The molecule has 0 aliphatic rings. The molecular weight excluding hydrogens is 224 g/mol. The molecule has 0 fully saturated rings. The van der Waals surface area contributed by atoms with Gasteiger partial charge in [-0.05, 0) is 37.7 Å². The van der Waals surface area contributed by atoms with Crippen LogP contribution in [0.25, 0.3) is 0 Å². The standard InChI is InChI=1S/C13H13F2NO/c1-8-5-6-9(14)11(12(8)15)13(16-2)10-4-3-7-17-10/h3-7,13,16H,1-2H3. The van der Waals surface area contributed by atoms with Crippen molar-refractivity contribution in [1.29, 1.82) is 0 Å². The second kappa shape index (κ2) is 4.67. The van der Waals surface area contributed by atoms with E-state index in [0.29, 0.717) is 11.3 Å². The fourth-order valence-electron chi connectivity index (χ4n) is 1.83. The molecule has 1 aromatic carbocycles. The summed E-state index contributed by atoms with van der Waals surface area (Å²) in [6, 6.07) is 5.43. The van der Waals surface area contributed by atoms with Crippen LogP contribution in [0.5, 0.6) is 0 Å². The molecule has 4 heteroatoms. The second-order valence-electron chi connectivity index (χ2n) is 3.83. The molecule has 1 atom stereocenters. The van der Waals surface area contributed by atoms with Crippen molar-refractivity contribution in [3.05, 3.63) is 59.1 Å². The van der Waals surface area contributed by atoms with E-state index >= 15 is 0 Å². The summed E-state index contributed by atoms with van der Waals surface area (Å²) in [6.07, 6.45) is 1.48. The molecule has 0 bridgehead atoms. The van der Waals surface area contributed by atoms with Gasteiger partial charge in [0, 0.05) is 5.56 Å². The molecule has 2 aromatic rings. The molecule has 1 heterocycles. The summed E-state index contributed by atoms with van der Waals surface area (Å²) >= 11 is 0. The van der Waals surface area contributed by atoms with Crippen LogP contribution < -0.4 is 5.32 Å². The number of hydrogen-bond acceptors (Lipinski definition) is 2. The first-order valence-corrected chi connectivity index (χ1v) is 5.30. The van der Waals surface area contributed by atoms with Gasteiger partial charge in [0.15, 0.2) is 0 Å². The number of rotatable bonds is 3. The highest BCUT2D eigenvalue weighted by Crippen LogP contribution is 2.28. The van der Waals surface area contributed by atoms with Gasteiger partial charge in [-0.15, -0.1) is 0 Å². The summed E-state index contributed by atoms with van der Waals surface area (Å²) in [7, 11) is 1.63. The maximum absolute atomic E-state index is 14.0. The Kier molecular flexibility index (Phi) is 3.24. The molecule has 0 amide bonds. The van der Waals surface area contributed by atoms with E-state index in [1.165, 1.54) is 18.4 Å². The third-order valence-electron chi connectivity index (χ3n) is 2.72. The van der Waals surface area contributed by atoms with Crippen LogP contribution in [0, 0.1) is 18.6 Å². The van der Waals surface area contributed by atoms with Gasteiger partial charge in [-0.2, -0.15) is 0 Å². The highest BCUT2D eigenvalue weighted by atomic mass is 19.1. The number of halogens is 2. The van der Waals surface area contributed by atoms with Gasteiger partial charge in [0.25, 0.3) is 0 Å². The minimum absolute atomic E-state index is 0.0116. The van der Waals surface area contributed by atoms with Crippen LogP contribution in [0.15, 0.2) is 34.9 Å². The number of aryl methyl sites for hydroxylation is 1. The molecular formula is C13H13F2NO. The largest absolute Gasteiger partial charge is 0.467 e. The summed E-state index contributed by atoms with van der Waals surface area (Å²) in [5.74, 6) is -0.638. The fourth-order valence-corrected chi connectivity index (χ4v) is 1.83. The SMILES string of the molecule is CNC(c1ccco1)c1c(F)ccc(C)c1F. The van der Waals surface area contributed by atoms with Crippen molar-refractivity contribution in [1.82, 2.24) is 5.32 Å². The van der Waals surface area contributed by atoms with Crippen molar-refractivity contribution in [2.75, 3.05) is 7.05 Å². The molecule has 0 spiro atoms. The first-order valence-electron chi connectivity index (χ1n) is 5.30. The molecule has 2 nitrogen and oxygen atoms in total. The normalized spacial score (nSPS) is 12.7. The Balaban J connectivity index is 2.55. The Hall–Kier alpha value is -1.68. The second-order valence-corrected chi connectivity index (χ2v) is 3.83. The van der Waals surface area contributed by atoms with E-state index in [0.717, 1.165) is 0 Å². The zero-order valence-corrected chi connectivity index (χ0v) is 9.63. The predicted molar refractivity (Wildman–Crippen MR) is 60.7 cm³/mol. The van der Waals surface area contributed by atoms with E-state index in [9.17, 15) is 8.78 Å². The third kappa shape index (κ3) is 2.08. The third-order valence-corrected chi connectivity index (χ3v) is 2.72. The van der Waals surface area contributed by atoms with Crippen molar-refractivity contribution in [2.45, 2.75) is 13.0 Å². The number of hydrogen-bond donors (Lipinski definition) is 1. The molecule has 1 unspecified atom stereocenters. The van der Waals surface area contributed by atoms with E-state index in [4.69, 9.17) is 4.42 Å². The Bertz CT molecular complexity index is 508. The molecule has 90 valence electrons. The van der Waals surface area contributed by atoms with E-state index in [2.05, 4.69) is 5.32 Å². The lowest BCUT2D eigenvalue weighted by Crippen LogP contribution is -2.20. The van der Waals surface area contributed by atoms with Crippen LogP contribution in [0.3, 0.4) is 0 Å². The van der Waals surface area contributed by atoms with E-state index in [1.807, 2.05) is 0 Å². The lowest BCUT2D eigenvalue weighted by molar-refractivity contribution is 0.437. The maximum Gasteiger partial charge on any atom is 0.134 e. The zero-order valence-electron chi connectivity index (χ0n) is 9.63. The van der Waals surface area contributed by atoms with Gasteiger partial charge in [-0.25, -0.2) is 8.78 Å². The smallest absolute Gasteiger partial charge is 0.134 e. The van der Waals surface area contributed by atoms with Crippen molar-refractivity contribution < 1.29 is 13.2 Å². The summed E-state index contributed by atoms with van der Waals surface area (Å²) < 4.78 is 32.9. The van der Waals surface area contributed by atoms with Crippen molar-refractivity contribution in [3.8, 4) is 0 Å². The number of furan rings is 1. The van der Waals surface area contributed by atoms with Crippen molar-refractivity contribution in [3.63, 3.8) is 0 Å². The van der Waals surface area contributed by atoms with Crippen LogP contribution in [0.4, 0.5) is 8.78 Å². The molecule has 2 rings (SSSR count). The maximum atomic E-state index is 14.0. The Morgan fingerprint density at radius 1 is 1.24 bits per heavy atom. The highest BCUT2D eigenvalue weighted by molar-refractivity contribution is 5.33. The van der Waals surface area contributed by atoms with Crippen LogP contribution in [0.2, 0.25) is 0 Å². The quantitative estimate of drug-likeness (QED) is 0.887. The molecule has 0 saturated carbocycles. The molecule has 0 aliphatic heterocycles. The highest BCUT2D eigenvalue weighted by Gasteiger charge is 2.23. The molecule has 1 aromatic heterocycles. The lowest BCUT2D eigenvalue weighted by Gasteiger charge is -2.16. The van der Waals surface area contributed by atoms with E-state index in [-0.39, 0.29) is 5.56 Å². The Morgan fingerprint density at radius 2 is 2.00 bits per heavy atom. The van der Waals surface area contributed by atoms with Gasteiger partial charge in [0.05, 0.1) is 12.3 Å². The monoisotopic (exact) mass is 237 g/mol. The van der Waals surface area contributed by atoms with Crippen LogP contribution in [0.1, 0.15) is 22.9 Å². The molecule has 17 heavy (non-hydrogen) atoms. The summed E-state index contributed by atoms with van der Waals surface area (Å²) in [5.41, 5.74) is 0.399. The van der Waals surface area contributed by atoms with E-state index in [1.54, 1.807) is 26.1 Å². The zero-order chi connectivity index (χ0) is 12.4. The summed E-state index contributed by atoms with van der Waals surface area (Å²) in [5, 5.41) is 2.86. The van der Waals surface area contributed by atoms with Crippen molar-refractivity contribution >= 4 is 0 Å². The fraction of sp³-hybridized carbons (Fsp3) is 0.231. The van der Waals surface area contributed by atoms with Crippen LogP contribution in [-0.4, -0.2) is 7.05 Å². The lowest BCUT2D eigenvalue weighted by atomic mass is 10.0. The van der Waals surface area contributed by atoms with Gasteiger partial charge in [-0.3, -0.25) is 0 Å². The van der Waals surface area contributed by atoms with Crippen molar-refractivity contribution in [2.24, 2.45) is 0 Å². The topological polar surface area (TPSA) is 25.2 Å². The molecule has 0 radical (unpaired) electrons. The Labute approximate surface area is 98.3 Å². The predicted octanol–water partition coefficient (Wildman–Crippen LogP) is 3.18. The first-order chi connectivity index (χ1) is 8.15. The average molecular weight is 237 g/mol. The van der Waals surface area contributed by atoms with Gasteiger partial charge in [0.1, 0.15) is 17.4 Å². The molecule has 0 saturated heterocycles. The molecule has 0 aliphatic carbocycles. The van der Waals surface area contributed by atoms with Crippen LogP contribution >= 0.6 is 0 Å². The van der Waals surface area contributed by atoms with Gasteiger partial charge in [0.2, 0.25) is 0 Å². The first kappa shape index (κ1) is 11.8. The van der Waals surface area contributed by atoms with Gasteiger partial charge >= 0.3 is 0 Å². The minimum Gasteiger partial charge on any atom is -0.467 e. The van der Waals surface area contributed by atoms with Gasteiger partial charge in [-0.1, -0.05) is 6.07 Å². The number of benzene rings is 1. The summed E-state index contributed by atoms with van der Waals surface area (Å²) in [6.45, 7) is 1.60. The average Bonchev–Trinajstić information content (AvgIpc) is 2.83. The molecule has 1 N–H and O–H groups in total. The van der Waals surface area contributed by atoms with E-state index < -0.39 is 17.7 Å². The van der Waals surface area contributed by atoms with Gasteiger partial charge < -0.3 is 9.73 Å². The van der Waals surface area contributed by atoms with Crippen LogP contribution in [-0.2, 0) is 0 Å².